The van der Waals surface area contributed by atoms with Gasteiger partial charge >= 0.3 is 0 Å². The highest BCUT2D eigenvalue weighted by Gasteiger charge is 2.24. The topological polar surface area (TPSA) is 39.7 Å². The summed E-state index contributed by atoms with van der Waals surface area (Å²) in [7, 11) is 1.86. The molecule has 0 aromatic heterocycles. The Hall–Kier alpha value is -0.820. The predicted molar refractivity (Wildman–Crippen MR) is 108 cm³/mol. The lowest BCUT2D eigenvalue weighted by molar-refractivity contribution is 0.174. The number of halogens is 1. The standard InChI is InChI=1S/C18H28N4.HI/c1-3-17(12-20-18(19-2)21-16-8-9-16)22-11-10-14-6-4-5-7-15(14)13-22;/h4-7,16-17H,3,8-13H2,1-2H3,(H2,19,20,21);1H. The van der Waals surface area contributed by atoms with Crippen LogP contribution in [-0.2, 0) is 13.0 Å². The van der Waals surface area contributed by atoms with E-state index in [1.165, 1.54) is 30.4 Å². The van der Waals surface area contributed by atoms with Crippen LogP contribution in [0.2, 0.25) is 0 Å². The molecular formula is C18H29IN4. The van der Waals surface area contributed by atoms with Gasteiger partial charge in [0.1, 0.15) is 0 Å². The third kappa shape index (κ3) is 5.08. The normalized spacial score (nSPS) is 19.5. The molecule has 3 rings (SSSR count). The van der Waals surface area contributed by atoms with Gasteiger partial charge in [-0.15, -0.1) is 24.0 Å². The van der Waals surface area contributed by atoms with Gasteiger partial charge in [-0.05, 0) is 36.8 Å². The summed E-state index contributed by atoms with van der Waals surface area (Å²) in [5.41, 5.74) is 3.01. The molecule has 2 aliphatic rings. The average Bonchev–Trinajstić information content (AvgIpc) is 3.38. The Morgan fingerprint density at radius 2 is 2.04 bits per heavy atom. The maximum absolute atomic E-state index is 4.33. The molecule has 0 bridgehead atoms. The number of nitrogens with one attached hydrogen (secondary N) is 2. The van der Waals surface area contributed by atoms with Gasteiger partial charge in [0.25, 0.3) is 0 Å². The fourth-order valence-corrected chi connectivity index (χ4v) is 3.19. The molecule has 5 heteroatoms. The van der Waals surface area contributed by atoms with E-state index in [0.29, 0.717) is 12.1 Å². The first-order valence-corrected chi connectivity index (χ1v) is 8.58. The minimum absolute atomic E-state index is 0. The minimum atomic E-state index is 0. The Morgan fingerprint density at radius 3 is 2.70 bits per heavy atom. The molecule has 0 amide bonds. The average molecular weight is 428 g/mol. The molecule has 1 aliphatic carbocycles. The first-order chi connectivity index (χ1) is 10.8. The molecule has 1 aromatic carbocycles. The molecule has 4 nitrogen and oxygen atoms in total. The summed E-state index contributed by atoms with van der Waals surface area (Å²) in [4.78, 5) is 6.94. The van der Waals surface area contributed by atoms with Crippen LogP contribution in [0.4, 0.5) is 0 Å². The van der Waals surface area contributed by atoms with E-state index in [0.717, 1.165) is 32.0 Å². The Kier molecular flexibility index (Phi) is 7.14. The summed E-state index contributed by atoms with van der Waals surface area (Å²) < 4.78 is 0. The van der Waals surface area contributed by atoms with Gasteiger partial charge in [-0.25, -0.2) is 0 Å². The Labute approximate surface area is 157 Å². The van der Waals surface area contributed by atoms with Crippen molar-refractivity contribution < 1.29 is 0 Å². The molecular weight excluding hydrogens is 399 g/mol. The van der Waals surface area contributed by atoms with Crippen LogP contribution in [0.25, 0.3) is 0 Å². The van der Waals surface area contributed by atoms with E-state index in [9.17, 15) is 0 Å². The number of fused-ring (bicyclic) bond motifs is 1. The molecule has 1 atom stereocenters. The van der Waals surface area contributed by atoms with Gasteiger partial charge in [0.2, 0.25) is 0 Å². The third-order valence-electron chi connectivity index (χ3n) is 4.79. The monoisotopic (exact) mass is 428 g/mol. The zero-order valence-electron chi connectivity index (χ0n) is 14.2. The van der Waals surface area contributed by atoms with Crippen LogP contribution in [0.1, 0.15) is 37.3 Å². The molecule has 1 unspecified atom stereocenters. The molecule has 0 spiro atoms. The first-order valence-electron chi connectivity index (χ1n) is 8.58. The molecule has 1 saturated carbocycles. The zero-order valence-corrected chi connectivity index (χ0v) is 16.5. The van der Waals surface area contributed by atoms with Crippen molar-refractivity contribution in [3.63, 3.8) is 0 Å². The largest absolute Gasteiger partial charge is 0.355 e. The maximum atomic E-state index is 4.33. The van der Waals surface area contributed by atoms with Crippen molar-refractivity contribution in [3.05, 3.63) is 35.4 Å². The molecule has 0 radical (unpaired) electrons. The Bertz CT molecular complexity index is 528. The van der Waals surface area contributed by atoms with Crippen molar-refractivity contribution in [1.82, 2.24) is 15.5 Å². The summed E-state index contributed by atoms with van der Waals surface area (Å²) in [6, 6.07) is 10.1. The van der Waals surface area contributed by atoms with E-state index in [2.05, 4.69) is 51.7 Å². The lowest BCUT2D eigenvalue weighted by Crippen LogP contribution is -2.48. The molecule has 0 saturated heterocycles. The number of hydrogen-bond acceptors (Lipinski definition) is 2. The van der Waals surface area contributed by atoms with Gasteiger partial charge in [-0.3, -0.25) is 9.89 Å². The third-order valence-corrected chi connectivity index (χ3v) is 4.79. The summed E-state index contributed by atoms with van der Waals surface area (Å²) in [6.45, 7) is 5.48. The maximum Gasteiger partial charge on any atom is 0.191 e. The second-order valence-electron chi connectivity index (χ2n) is 6.42. The van der Waals surface area contributed by atoms with Gasteiger partial charge < -0.3 is 10.6 Å². The van der Waals surface area contributed by atoms with Crippen LogP contribution in [-0.4, -0.2) is 43.1 Å². The van der Waals surface area contributed by atoms with E-state index in [1.807, 2.05) is 7.05 Å². The Balaban J connectivity index is 0.00000192. The molecule has 128 valence electrons. The first kappa shape index (κ1) is 18.5. The van der Waals surface area contributed by atoms with Crippen LogP contribution in [0.5, 0.6) is 0 Å². The van der Waals surface area contributed by atoms with Crippen molar-refractivity contribution in [2.45, 2.75) is 51.2 Å². The number of benzene rings is 1. The van der Waals surface area contributed by atoms with Gasteiger partial charge in [-0.2, -0.15) is 0 Å². The second kappa shape index (κ2) is 8.87. The quantitative estimate of drug-likeness (QED) is 0.431. The van der Waals surface area contributed by atoms with Crippen molar-refractivity contribution in [3.8, 4) is 0 Å². The van der Waals surface area contributed by atoms with E-state index in [-0.39, 0.29) is 24.0 Å². The molecule has 23 heavy (non-hydrogen) atoms. The number of rotatable bonds is 5. The molecule has 2 N–H and O–H groups in total. The van der Waals surface area contributed by atoms with Crippen molar-refractivity contribution in [2.75, 3.05) is 20.1 Å². The zero-order chi connectivity index (χ0) is 15.4. The van der Waals surface area contributed by atoms with Crippen molar-refractivity contribution in [1.29, 1.82) is 0 Å². The van der Waals surface area contributed by atoms with Crippen LogP contribution in [0.3, 0.4) is 0 Å². The van der Waals surface area contributed by atoms with E-state index >= 15 is 0 Å². The SMILES string of the molecule is CCC(CNC(=NC)NC1CC1)N1CCc2ccccc2C1.I. The fourth-order valence-electron chi connectivity index (χ4n) is 3.19. The fraction of sp³-hybridized carbons (Fsp3) is 0.611. The van der Waals surface area contributed by atoms with Crippen LogP contribution in [0.15, 0.2) is 29.3 Å². The number of nitrogens with zero attached hydrogens (tertiary/aromatic N) is 2. The van der Waals surface area contributed by atoms with Crippen molar-refractivity contribution in [2.24, 2.45) is 4.99 Å². The Morgan fingerprint density at radius 1 is 1.30 bits per heavy atom. The molecule has 1 fully saturated rings. The number of hydrogen-bond donors (Lipinski definition) is 2. The summed E-state index contributed by atoms with van der Waals surface area (Å²) in [5, 5.41) is 6.97. The molecule has 1 aliphatic heterocycles. The van der Waals surface area contributed by atoms with E-state index < -0.39 is 0 Å². The summed E-state index contributed by atoms with van der Waals surface area (Å²) in [6.07, 6.45) is 4.89. The van der Waals surface area contributed by atoms with Crippen LogP contribution in [0, 0.1) is 0 Å². The van der Waals surface area contributed by atoms with Gasteiger partial charge in [0, 0.05) is 38.8 Å². The second-order valence-corrected chi connectivity index (χ2v) is 6.42. The smallest absolute Gasteiger partial charge is 0.191 e. The molecule has 1 heterocycles. The summed E-state index contributed by atoms with van der Waals surface area (Å²) in [5.74, 6) is 0.957. The highest BCUT2D eigenvalue weighted by Crippen LogP contribution is 2.21. The summed E-state index contributed by atoms with van der Waals surface area (Å²) >= 11 is 0. The van der Waals surface area contributed by atoms with Crippen molar-refractivity contribution >= 4 is 29.9 Å². The van der Waals surface area contributed by atoms with Gasteiger partial charge in [0.05, 0.1) is 0 Å². The van der Waals surface area contributed by atoms with Crippen LogP contribution < -0.4 is 10.6 Å². The van der Waals surface area contributed by atoms with Crippen LogP contribution >= 0.6 is 24.0 Å². The lowest BCUT2D eigenvalue weighted by Gasteiger charge is -2.35. The lowest BCUT2D eigenvalue weighted by atomic mass is 9.98. The highest BCUT2D eigenvalue weighted by molar-refractivity contribution is 14.0. The van der Waals surface area contributed by atoms with Gasteiger partial charge in [0.15, 0.2) is 5.96 Å². The predicted octanol–water partition coefficient (Wildman–Crippen LogP) is 2.77. The minimum Gasteiger partial charge on any atom is -0.355 e. The molecule has 1 aromatic rings. The van der Waals surface area contributed by atoms with E-state index in [4.69, 9.17) is 0 Å². The number of aliphatic imine (C=N–C) groups is 1. The van der Waals surface area contributed by atoms with E-state index in [1.54, 1.807) is 0 Å². The highest BCUT2D eigenvalue weighted by atomic mass is 127. The van der Waals surface area contributed by atoms with Gasteiger partial charge in [-0.1, -0.05) is 31.2 Å². The number of guanidine groups is 1.